The first kappa shape index (κ1) is 18.8. The van der Waals surface area contributed by atoms with E-state index in [0.29, 0.717) is 6.07 Å². The molecule has 4 nitrogen and oxygen atoms in total. The van der Waals surface area contributed by atoms with Crippen LogP contribution in [0.3, 0.4) is 0 Å². The Bertz CT molecular complexity index is 1090. The maximum Gasteiger partial charge on any atom is 0.261 e. The van der Waals surface area contributed by atoms with Crippen LogP contribution in [0.25, 0.3) is 11.1 Å². The van der Waals surface area contributed by atoms with Gasteiger partial charge in [0.1, 0.15) is 0 Å². The van der Waals surface area contributed by atoms with Crippen molar-refractivity contribution in [2.24, 2.45) is 0 Å². The van der Waals surface area contributed by atoms with Crippen molar-refractivity contribution in [2.45, 2.75) is 4.90 Å². The second-order valence-electron chi connectivity index (χ2n) is 5.58. The second-order valence-corrected chi connectivity index (χ2v) is 7.26. The summed E-state index contributed by atoms with van der Waals surface area (Å²) < 4.78 is 73.7. The molecule has 0 unspecified atom stereocenters. The molecule has 0 aliphatic heterocycles. The molecular weight excluding hydrogens is 379 g/mol. The number of hydrogen-bond donors (Lipinski definition) is 1. The Kier molecular flexibility index (Phi) is 5.09. The monoisotopic (exact) mass is 393 g/mol. The van der Waals surface area contributed by atoms with E-state index in [4.69, 9.17) is 4.74 Å². The number of hydrogen-bond acceptors (Lipinski definition) is 3. The maximum atomic E-state index is 14.0. The molecule has 3 aromatic rings. The molecule has 0 spiro atoms. The Hall–Kier alpha value is -3.00. The van der Waals surface area contributed by atoms with Crippen LogP contribution in [0.5, 0.6) is 5.75 Å². The Morgan fingerprint density at radius 2 is 1.52 bits per heavy atom. The van der Waals surface area contributed by atoms with Crippen LogP contribution in [0.2, 0.25) is 0 Å². The van der Waals surface area contributed by atoms with Crippen molar-refractivity contribution >= 4 is 15.7 Å². The summed E-state index contributed by atoms with van der Waals surface area (Å²) in [6.07, 6.45) is 0. The molecule has 27 heavy (non-hydrogen) atoms. The lowest BCUT2D eigenvalue weighted by atomic mass is 10.0. The molecule has 3 aromatic carbocycles. The fourth-order valence-corrected chi connectivity index (χ4v) is 3.60. The van der Waals surface area contributed by atoms with Gasteiger partial charge in [-0.2, -0.15) is 0 Å². The Balaban J connectivity index is 2.11. The molecule has 140 valence electrons. The number of nitrogens with one attached hydrogen (secondary N) is 1. The minimum atomic E-state index is -4.05. The van der Waals surface area contributed by atoms with Gasteiger partial charge in [0, 0.05) is 11.6 Å². The van der Waals surface area contributed by atoms with Gasteiger partial charge in [-0.3, -0.25) is 4.72 Å². The number of methoxy groups -OCH3 is 1. The molecule has 1 N–H and O–H groups in total. The Labute approximate surface area is 154 Å². The highest BCUT2D eigenvalue weighted by Gasteiger charge is 2.19. The minimum absolute atomic E-state index is 0.0186. The summed E-state index contributed by atoms with van der Waals surface area (Å²) in [4.78, 5) is -0.0541. The lowest BCUT2D eigenvalue weighted by molar-refractivity contribution is 0.386. The van der Waals surface area contributed by atoms with Crippen molar-refractivity contribution in [3.63, 3.8) is 0 Å². The molecule has 0 amide bonds. The highest BCUT2D eigenvalue weighted by molar-refractivity contribution is 7.92. The van der Waals surface area contributed by atoms with Gasteiger partial charge in [0.15, 0.2) is 23.2 Å². The summed E-state index contributed by atoms with van der Waals surface area (Å²) in [5.41, 5.74) is -0.0877. The van der Waals surface area contributed by atoms with E-state index in [1.807, 2.05) is 0 Å². The molecule has 0 saturated carbocycles. The molecule has 0 aromatic heterocycles. The number of halogens is 3. The first-order valence-corrected chi connectivity index (χ1v) is 9.21. The highest BCUT2D eigenvalue weighted by atomic mass is 32.2. The van der Waals surface area contributed by atoms with E-state index in [2.05, 4.69) is 4.72 Å². The molecule has 3 rings (SSSR count). The zero-order chi connectivity index (χ0) is 19.6. The number of rotatable bonds is 5. The zero-order valence-electron chi connectivity index (χ0n) is 14.0. The van der Waals surface area contributed by atoms with E-state index < -0.39 is 27.5 Å². The second kappa shape index (κ2) is 7.32. The molecule has 0 saturated heterocycles. The molecule has 0 fully saturated rings. The molecule has 0 heterocycles. The molecule has 0 aliphatic carbocycles. The van der Waals surface area contributed by atoms with E-state index >= 15 is 0 Å². The van der Waals surface area contributed by atoms with Crippen molar-refractivity contribution < 1.29 is 26.3 Å². The topological polar surface area (TPSA) is 55.4 Å². The third-order valence-electron chi connectivity index (χ3n) is 3.82. The Morgan fingerprint density at radius 3 is 2.15 bits per heavy atom. The van der Waals surface area contributed by atoms with Gasteiger partial charge >= 0.3 is 0 Å². The van der Waals surface area contributed by atoms with Gasteiger partial charge in [-0.1, -0.05) is 24.3 Å². The van der Waals surface area contributed by atoms with Gasteiger partial charge in [-0.25, -0.2) is 21.6 Å². The average Bonchev–Trinajstić information content (AvgIpc) is 2.65. The number of ether oxygens (including phenoxy) is 1. The van der Waals surface area contributed by atoms with Crippen LogP contribution in [0.15, 0.2) is 65.6 Å². The summed E-state index contributed by atoms with van der Waals surface area (Å²) in [6.45, 7) is 0. The lowest BCUT2D eigenvalue weighted by Crippen LogP contribution is -2.14. The third-order valence-corrected chi connectivity index (χ3v) is 5.20. The van der Waals surface area contributed by atoms with Gasteiger partial charge in [-0.15, -0.1) is 0 Å². The normalized spacial score (nSPS) is 11.3. The van der Waals surface area contributed by atoms with Crippen LogP contribution in [-0.4, -0.2) is 15.5 Å². The smallest absolute Gasteiger partial charge is 0.261 e. The van der Waals surface area contributed by atoms with Crippen molar-refractivity contribution in [3.05, 3.63) is 78.1 Å². The third kappa shape index (κ3) is 3.90. The van der Waals surface area contributed by atoms with Gasteiger partial charge in [0.2, 0.25) is 0 Å². The van der Waals surface area contributed by atoms with Crippen LogP contribution >= 0.6 is 0 Å². The fourth-order valence-electron chi connectivity index (χ4n) is 2.51. The number of anilines is 1. The van der Waals surface area contributed by atoms with Gasteiger partial charge in [-0.05, 0) is 35.9 Å². The van der Waals surface area contributed by atoms with Crippen LogP contribution < -0.4 is 9.46 Å². The van der Waals surface area contributed by atoms with Crippen LogP contribution in [0, 0.1) is 17.5 Å². The molecule has 0 radical (unpaired) electrons. The first-order valence-electron chi connectivity index (χ1n) is 7.72. The summed E-state index contributed by atoms with van der Waals surface area (Å²) in [5.74, 6) is -3.19. The summed E-state index contributed by atoms with van der Waals surface area (Å²) >= 11 is 0. The van der Waals surface area contributed by atoms with Crippen LogP contribution in [0.1, 0.15) is 0 Å². The highest BCUT2D eigenvalue weighted by Crippen LogP contribution is 2.34. The van der Waals surface area contributed by atoms with E-state index in [1.165, 1.54) is 43.5 Å². The average molecular weight is 393 g/mol. The first-order chi connectivity index (χ1) is 12.8. The summed E-state index contributed by atoms with van der Waals surface area (Å²) in [5, 5.41) is 0. The number of benzene rings is 3. The molecule has 8 heteroatoms. The molecule has 0 bridgehead atoms. The maximum absolute atomic E-state index is 14.0. The largest absolute Gasteiger partial charge is 0.494 e. The predicted molar refractivity (Wildman–Crippen MR) is 95.6 cm³/mol. The van der Waals surface area contributed by atoms with E-state index in [-0.39, 0.29) is 27.5 Å². The fraction of sp³-hybridized carbons (Fsp3) is 0.0526. The van der Waals surface area contributed by atoms with Crippen molar-refractivity contribution in [3.8, 4) is 16.9 Å². The van der Waals surface area contributed by atoms with E-state index in [9.17, 15) is 21.6 Å². The number of sulfonamides is 1. The molecule has 0 atom stereocenters. The predicted octanol–water partition coefficient (Wildman–Crippen LogP) is 4.58. The van der Waals surface area contributed by atoms with Crippen LogP contribution in [0.4, 0.5) is 18.9 Å². The molecular formula is C19H14F3NO3S. The van der Waals surface area contributed by atoms with Crippen molar-refractivity contribution in [1.29, 1.82) is 0 Å². The zero-order valence-corrected chi connectivity index (χ0v) is 14.9. The van der Waals surface area contributed by atoms with Gasteiger partial charge in [0.25, 0.3) is 10.0 Å². The van der Waals surface area contributed by atoms with E-state index in [1.54, 1.807) is 6.07 Å². The molecule has 0 aliphatic rings. The van der Waals surface area contributed by atoms with E-state index in [0.717, 1.165) is 12.1 Å². The van der Waals surface area contributed by atoms with Gasteiger partial charge in [0.05, 0.1) is 17.7 Å². The standard InChI is InChI=1S/C19H14F3NO3S/c1-26-19-8-7-12(9-17(19)22)14-10-15(20)16(21)11-18(14)23-27(24,25)13-5-3-2-4-6-13/h2-11,23H,1H3. The Morgan fingerprint density at radius 1 is 0.852 bits per heavy atom. The lowest BCUT2D eigenvalue weighted by Gasteiger charge is -2.14. The van der Waals surface area contributed by atoms with Gasteiger partial charge < -0.3 is 4.74 Å². The SMILES string of the molecule is COc1ccc(-c2cc(F)c(F)cc2NS(=O)(=O)c2ccccc2)cc1F. The van der Waals surface area contributed by atoms with Crippen LogP contribution in [-0.2, 0) is 10.0 Å². The van der Waals surface area contributed by atoms with Crippen molar-refractivity contribution in [2.75, 3.05) is 11.8 Å². The summed E-state index contributed by atoms with van der Waals surface area (Å²) in [7, 11) is -2.77. The van der Waals surface area contributed by atoms with Crippen molar-refractivity contribution in [1.82, 2.24) is 0 Å². The quantitative estimate of drug-likeness (QED) is 0.690. The minimum Gasteiger partial charge on any atom is -0.494 e. The summed E-state index contributed by atoms with van der Waals surface area (Å²) in [6, 6.07) is 12.7.